The summed E-state index contributed by atoms with van der Waals surface area (Å²) in [5, 5.41) is 17.9. The fourth-order valence-corrected chi connectivity index (χ4v) is 2.27. The van der Waals surface area contributed by atoms with Gasteiger partial charge in [0.15, 0.2) is 0 Å². The molecule has 0 saturated heterocycles. The van der Waals surface area contributed by atoms with E-state index in [0.717, 1.165) is 6.08 Å². The molecule has 0 fully saturated rings. The first kappa shape index (κ1) is 15.7. The Morgan fingerprint density at radius 2 is 2.16 bits per heavy atom. The van der Waals surface area contributed by atoms with Crippen LogP contribution in [0.5, 0.6) is 0 Å². The maximum Gasteiger partial charge on any atom is 0.328 e. The third kappa shape index (κ3) is 5.44. The summed E-state index contributed by atoms with van der Waals surface area (Å²) in [6, 6.07) is 4.62. The number of carboxylic acids is 1. The number of carboxylic acid groups (broad SMARTS) is 1. The summed E-state index contributed by atoms with van der Waals surface area (Å²) < 4.78 is 13.8. The SMILES string of the molecule is CC(O)C(C)SCc1ccc(/C=C/C(=O)O)cc1F. The summed E-state index contributed by atoms with van der Waals surface area (Å²) in [5.41, 5.74) is 1.06. The van der Waals surface area contributed by atoms with Gasteiger partial charge in [0, 0.05) is 17.1 Å². The quantitative estimate of drug-likeness (QED) is 0.789. The molecule has 0 aliphatic rings. The Morgan fingerprint density at radius 3 is 2.68 bits per heavy atom. The predicted molar refractivity (Wildman–Crippen MR) is 75.5 cm³/mol. The van der Waals surface area contributed by atoms with Crippen molar-refractivity contribution in [2.75, 3.05) is 0 Å². The van der Waals surface area contributed by atoms with Gasteiger partial charge in [0.1, 0.15) is 5.82 Å². The zero-order chi connectivity index (χ0) is 14.4. The maximum absolute atomic E-state index is 13.8. The molecular formula is C14H17FO3S. The van der Waals surface area contributed by atoms with E-state index in [4.69, 9.17) is 5.11 Å². The first-order valence-electron chi connectivity index (χ1n) is 5.89. The summed E-state index contributed by atoms with van der Waals surface area (Å²) >= 11 is 1.47. The molecule has 2 N–H and O–H groups in total. The van der Waals surface area contributed by atoms with E-state index in [0.29, 0.717) is 16.9 Å². The van der Waals surface area contributed by atoms with E-state index < -0.39 is 12.1 Å². The summed E-state index contributed by atoms with van der Waals surface area (Å²) in [5.74, 6) is -0.954. The molecule has 1 rings (SSSR count). The molecule has 0 aliphatic carbocycles. The van der Waals surface area contributed by atoms with Crippen LogP contribution in [-0.2, 0) is 10.5 Å². The van der Waals surface area contributed by atoms with Crippen LogP contribution in [0.2, 0.25) is 0 Å². The van der Waals surface area contributed by atoms with Crippen LogP contribution in [0.15, 0.2) is 24.3 Å². The highest BCUT2D eigenvalue weighted by Gasteiger charge is 2.11. The fourth-order valence-electron chi connectivity index (χ4n) is 1.31. The van der Waals surface area contributed by atoms with Gasteiger partial charge < -0.3 is 10.2 Å². The summed E-state index contributed by atoms with van der Waals surface area (Å²) in [6.07, 6.45) is 1.88. The van der Waals surface area contributed by atoms with E-state index in [2.05, 4.69) is 0 Å². The number of rotatable bonds is 6. The summed E-state index contributed by atoms with van der Waals surface area (Å²) in [6.45, 7) is 3.59. The molecule has 5 heteroatoms. The molecule has 104 valence electrons. The standard InChI is InChI=1S/C14H17FO3S/c1-9(16)10(2)19-8-12-5-3-11(7-13(12)15)4-6-14(17)18/h3-7,9-10,16H,8H2,1-2H3,(H,17,18)/b6-4+. The molecule has 0 heterocycles. The molecule has 19 heavy (non-hydrogen) atoms. The molecular weight excluding hydrogens is 267 g/mol. The van der Waals surface area contributed by atoms with Gasteiger partial charge in [0.2, 0.25) is 0 Å². The average Bonchev–Trinajstić information content (AvgIpc) is 2.34. The Bertz CT molecular complexity index is 472. The van der Waals surface area contributed by atoms with Crippen molar-refractivity contribution in [1.82, 2.24) is 0 Å². The van der Waals surface area contributed by atoms with Gasteiger partial charge in [-0.05, 0) is 30.2 Å². The van der Waals surface area contributed by atoms with Gasteiger partial charge in [0.25, 0.3) is 0 Å². The average molecular weight is 284 g/mol. The first-order valence-corrected chi connectivity index (χ1v) is 6.94. The van der Waals surface area contributed by atoms with Gasteiger partial charge in [-0.3, -0.25) is 0 Å². The Hall–Kier alpha value is -1.33. The lowest BCUT2D eigenvalue weighted by Gasteiger charge is -2.14. The lowest BCUT2D eigenvalue weighted by Crippen LogP contribution is -2.15. The zero-order valence-electron chi connectivity index (χ0n) is 10.8. The van der Waals surface area contributed by atoms with Gasteiger partial charge in [0.05, 0.1) is 6.10 Å². The minimum atomic E-state index is -1.06. The van der Waals surface area contributed by atoms with E-state index in [1.807, 2.05) is 6.92 Å². The van der Waals surface area contributed by atoms with Crippen molar-refractivity contribution in [3.63, 3.8) is 0 Å². The van der Waals surface area contributed by atoms with Gasteiger partial charge in [-0.15, -0.1) is 0 Å². The minimum absolute atomic E-state index is 0.0333. The van der Waals surface area contributed by atoms with Crippen LogP contribution < -0.4 is 0 Å². The molecule has 0 amide bonds. The number of benzene rings is 1. The summed E-state index contributed by atoms with van der Waals surface area (Å²) in [7, 11) is 0. The first-order chi connectivity index (χ1) is 8.90. The van der Waals surface area contributed by atoms with E-state index in [1.54, 1.807) is 19.1 Å². The molecule has 0 aliphatic heterocycles. The van der Waals surface area contributed by atoms with Crippen molar-refractivity contribution in [3.05, 3.63) is 41.2 Å². The van der Waals surface area contributed by atoms with Crippen molar-refractivity contribution >= 4 is 23.8 Å². The normalized spacial score (nSPS) is 14.5. The van der Waals surface area contributed by atoms with Crippen LogP contribution in [0.3, 0.4) is 0 Å². The number of aliphatic hydroxyl groups is 1. The Kier molecular flexibility index (Phi) is 6.05. The molecule has 1 aromatic rings. The molecule has 0 spiro atoms. The molecule has 0 radical (unpaired) electrons. The second-order valence-electron chi connectivity index (χ2n) is 4.28. The van der Waals surface area contributed by atoms with E-state index in [-0.39, 0.29) is 11.1 Å². The monoisotopic (exact) mass is 284 g/mol. The Morgan fingerprint density at radius 1 is 1.47 bits per heavy atom. The van der Waals surface area contributed by atoms with E-state index in [9.17, 15) is 14.3 Å². The van der Waals surface area contributed by atoms with Crippen molar-refractivity contribution in [3.8, 4) is 0 Å². The van der Waals surface area contributed by atoms with Gasteiger partial charge in [-0.2, -0.15) is 11.8 Å². The van der Waals surface area contributed by atoms with Crippen molar-refractivity contribution < 1.29 is 19.4 Å². The fraction of sp³-hybridized carbons (Fsp3) is 0.357. The lowest BCUT2D eigenvalue weighted by molar-refractivity contribution is -0.131. The smallest absolute Gasteiger partial charge is 0.328 e. The molecule has 1 aromatic carbocycles. The van der Waals surface area contributed by atoms with Crippen LogP contribution in [0.25, 0.3) is 6.08 Å². The molecule has 0 bridgehead atoms. The highest BCUT2D eigenvalue weighted by molar-refractivity contribution is 7.99. The predicted octanol–water partition coefficient (Wildman–Crippen LogP) is 2.93. The van der Waals surface area contributed by atoms with Crippen LogP contribution in [0.1, 0.15) is 25.0 Å². The van der Waals surface area contributed by atoms with E-state index >= 15 is 0 Å². The minimum Gasteiger partial charge on any atom is -0.478 e. The third-order valence-electron chi connectivity index (χ3n) is 2.68. The van der Waals surface area contributed by atoms with Crippen molar-refractivity contribution in [1.29, 1.82) is 0 Å². The lowest BCUT2D eigenvalue weighted by atomic mass is 10.1. The highest BCUT2D eigenvalue weighted by Crippen LogP contribution is 2.22. The number of hydrogen-bond acceptors (Lipinski definition) is 3. The number of hydrogen-bond donors (Lipinski definition) is 2. The van der Waals surface area contributed by atoms with E-state index in [1.165, 1.54) is 23.9 Å². The second-order valence-corrected chi connectivity index (χ2v) is 5.64. The molecule has 0 saturated carbocycles. The molecule has 2 unspecified atom stereocenters. The molecule has 0 aromatic heterocycles. The number of halogens is 1. The van der Waals surface area contributed by atoms with Crippen molar-refractivity contribution in [2.45, 2.75) is 31.0 Å². The van der Waals surface area contributed by atoms with Crippen LogP contribution >= 0.6 is 11.8 Å². The van der Waals surface area contributed by atoms with Crippen LogP contribution in [0, 0.1) is 5.82 Å². The maximum atomic E-state index is 13.8. The Balaban J connectivity index is 2.69. The number of carbonyl (C=O) groups is 1. The van der Waals surface area contributed by atoms with Gasteiger partial charge >= 0.3 is 5.97 Å². The van der Waals surface area contributed by atoms with Crippen molar-refractivity contribution in [2.24, 2.45) is 0 Å². The number of aliphatic hydroxyl groups excluding tert-OH is 1. The van der Waals surface area contributed by atoms with Crippen LogP contribution in [0.4, 0.5) is 4.39 Å². The molecule has 2 atom stereocenters. The zero-order valence-corrected chi connectivity index (χ0v) is 11.7. The van der Waals surface area contributed by atoms with Gasteiger partial charge in [-0.1, -0.05) is 19.1 Å². The highest BCUT2D eigenvalue weighted by atomic mass is 32.2. The Labute approximate surface area is 116 Å². The van der Waals surface area contributed by atoms with Gasteiger partial charge in [-0.25, -0.2) is 9.18 Å². The molecule has 3 nitrogen and oxygen atoms in total. The third-order valence-corrected chi connectivity index (χ3v) is 4.07. The largest absolute Gasteiger partial charge is 0.478 e. The topological polar surface area (TPSA) is 57.5 Å². The second kappa shape index (κ2) is 7.31. The number of thioether (sulfide) groups is 1. The van der Waals surface area contributed by atoms with Crippen LogP contribution in [-0.4, -0.2) is 27.5 Å². The summed E-state index contributed by atoms with van der Waals surface area (Å²) in [4.78, 5) is 10.4. The number of aliphatic carboxylic acids is 1.